The van der Waals surface area contributed by atoms with Gasteiger partial charge in [-0.05, 0) is 26.8 Å². The van der Waals surface area contributed by atoms with E-state index in [2.05, 4.69) is 5.32 Å². The first kappa shape index (κ1) is 9.92. The van der Waals surface area contributed by atoms with Crippen LogP contribution in [0.25, 0.3) is 0 Å². The van der Waals surface area contributed by atoms with Gasteiger partial charge in [0, 0.05) is 6.54 Å². The van der Waals surface area contributed by atoms with Gasteiger partial charge in [-0.2, -0.15) is 0 Å². The van der Waals surface area contributed by atoms with Crippen LogP contribution in [0.5, 0.6) is 0 Å². The molecule has 3 N–H and O–H groups in total. The Morgan fingerprint density at radius 3 is 2.58 bits per heavy atom. The molecule has 4 nitrogen and oxygen atoms in total. The van der Waals surface area contributed by atoms with E-state index < -0.39 is 11.4 Å². The van der Waals surface area contributed by atoms with Crippen LogP contribution in [0.1, 0.15) is 20.3 Å². The van der Waals surface area contributed by atoms with Crippen LogP contribution in [0.15, 0.2) is 0 Å². The minimum absolute atomic E-state index is 0.0516. The summed E-state index contributed by atoms with van der Waals surface area (Å²) >= 11 is 0. The highest BCUT2D eigenvalue weighted by Gasteiger charge is 2.38. The summed E-state index contributed by atoms with van der Waals surface area (Å²) in [5.41, 5.74) is -0.585. The van der Waals surface area contributed by atoms with Crippen molar-refractivity contribution in [2.24, 2.45) is 0 Å². The molecule has 0 amide bonds. The van der Waals surface area contributed by atoms with Gasteiger partial charge < -0.3 is 20.3 Å². The lowest BCUT2D eigenvalue weighted by molar-refractivity contribution is -0.248. The maximum absolute atomic E-state index is 9.41. The van der Waals surface area contributed by atoms with Crippen LogP contribution in [-0.2, 0) is 4.74 Å². The lowest BCUT2D eigenvalue weighted by atomic mass is 10.0. The van der Waals surface area contributed by atoms with Crippen molar-refractivity contribution in [3.8, 4) is 0 Å². The van der Waals surface area contributed by atoms with E-state index in [1.807, 2.05) is 0 Å². The smallest absolute Gasteiger partial charge is 0.160 e. The predicted octanol–water partition coefficient (Wildman–Crippen LogP) is -0.544. The SMILES string of the molecule is CC(C)(O)O[C@@]1(CO)CCNC1. The van der Waals surface area contributed by atoms with Crippen molar-refractivity contribution in [3.05, 3.63) is 0 Å². The molecule has 1 atom stereocenters. The molecule has 0 unspecified atom stereocenters. The molecule has 1 saturated heterocycles. The van der Waals surface area contributed by atoms with Crippen LogP contribution >= 0.6 is 0 Å². The van der Waals surface area contributed by atoms with Gasteiger partial charge in [0.1, 0.15) is 5.60 Å². The van der Waals surface area contributed by atoms with Crippen molar-refractivity contribution in [3.63, 3.8) is 0 Å². The Kier molecular flexibility index (Phi) is 2.73. The molecule has 0 aromatic rings. The second kappa shape index (κ2) is 3.30. The van der Waals surface area contributed by atoms with Crippen LogP contribution in [-0.4, -0.2) is 41.3 Å². The number of aliphatic hydroxyl groups is 2. The van der Waals surface area contributed by atoms with E-state index in [4.69, 9.17) is 9.84 Å². The summed E-state index contributed by atoms with van der Waals surface area (Å²) in [4.78, 5) is 0. The monoisotopic (exact) mass is 175 g/mol. The minimum atomic E-state index is -1.17. The van der Waals surface area contributed by atoms with Crippen LogP contribution in [0.4, 0.5) is 0 Å². The van der Waals surface area contributed by atoms with Gasteiger partial charge in [-0.1, -0.05) is 0 Å². The fourth-order valence-electron chi connectivity index (χ4n) is 1.50. The third-order valence-corrected chi connectivity index (χ3v) is 1.96. The molecular formula is C8H17NO3. The van der Waals surface area contributed by atoms with E-state index in [9.17, 15) is 5.11 Å². The average molecular weight is 175 g/mol. The second-order valence-electron chi connectivity index (χ2n) is 3.82. The Morgan fingerprint density at radius 2 is 2.25 bits per heavy atom. The summed E-state index contributed by atoms with van der Waals surface area (Å²) < 4.78 is 5.38. The first-order valence-corrected chi connectivity index (χ1v) is 4.22. The summed E-state index contributed by atoms with van der Waals surface area (Å²) in [5.74, 6) is -1.17. The molecule has 0 spiro atoms. The highest BCUT2D eigenvalue weighted by molar-refractivity contribution is 4.90. The molecule has 0 aromatic carbocycles. The third-order valence-electron chi connectivity index (χ3n) is 1.96. The van der Waals surface area contributed by atoms with Crippen molar-refractivity contribution in [2.75, 3.05) is 19.7 Å². The van der Waals surface area contributed by atoms with Crippen molar-refractivity contribution in [1.82, 2.24) is 5.32 Å². The Balaban J connectivity index is 2.55. The summed E-state index contributed by atoms with van der Waals surface area (Å²) in [6.45, 7) is 4.53. The molecule has 0 aromatic heterocycles. The number of nitrogens with one attached hydrogen (secondary N) is 1. The Hall–Kier alpha value is -0.160. The topological polar surface area (TPSA) is 61.7 Å². The number of rotatable bonds is 3. The molecule has 12 heavy (non-hydrogen) atoms. The average Bonchev–Trinajstić information content (AvgIpc) is 2.34. The maximum Gasteiger partial charge on any atom is 0.160 e. The zero-order valence-electron chi connectivity index (χ0n) is 7.63. The fourth-order valence-corrected chi connectivity index (χ4v) is 1.50. The molecule has 4 heteroatoms. The van der Waals surface area contributed by atoms with E-state index in [0.29, 0.717) is 6.54 Å². The second-order valence-corrected chi connectivity index (χ2v) is 3.82. The summed E-state index contributed by atoms with van der Waals surface area (Å²) in [6.07, 6.45) is 0.744. The standard InChI is InChI=1S/C8H17NO3/c1-7(2,11)12-8(6-10)3-4-9-5-8/h9-11H,3-6H2,1-2H3/t8-/m0/s1. The summed E-state index contributed by atoms with van der Waals surface area (Å²) in [6, 6.07) is 0. The first-order valence-electron chi connectivity index (χ1n) is 4.22. The third kappa shape index (κ3) is 2.42. The van der Waals surface area contributed by atoms with E-state index in [0.717, 1.165) is 13.0 Å². The summed E-state index contributed by atoms with van der Waals surface area (Å²) in [5, 5.41) is 21.6. The zero-order valence-corrected chi connectivity index (χ0v) is 7.63. The number of hydrogen-bond acceptors (Lipinski definition) is 4. The van der Waals surface area contributed by atoms with Crippen molar-refractivity contribution >= 4 is 0 Å². The Bertz CT molecular complexity index is 147. The molecular weight excluding hydrogens is 158 g/mol. The predicted molar refractivity (Wildman–Crippen MR) is 44.7 cm³/mol. The minimum Gasteiger partial charge on any atom is -0.393 e. The molecule has 0 bridgehead atoms. The van der Waals surface area contributed by atoms with E-state index >= 15 is 0 Å². The normalized spacial score (nSPS) is 31.0. The maximum atomic E-state index is 9.41. The van der Waals surface area contributed by atoms with Crippen molar-refractivity contribution in [1.29, 1.82) is 0 Å². The zero-order chi connectivity index (χ0) is 9.24. The van der Waals surface area contributed by atoms with Crippen molar-refractivity contribution < 1.29 is 14.9 Å². The number of hydrogen-bond donors (Lipinski definition) is 3. The molecule has 1 heterocycles. The summed E-state index contributed by atoms with van der Waals surface area (Å²) in [7, 11) is 0. The fraction of sp³-hybridized carbons (Fsp3) is 1.00. The van der Waals surface area contributed by atoms with E-state index in [1.165, 1.54) is 0 Å². The molecule has 1 fully saturated rings. The molecule has 0 radical (unpaired) electrons. The van der Waals surface area contributed by atoms with Gasteiger partial charge >= 0.3 is 0 Å². The van der Waals surface area contributed by atoms with Gasteiger partial charge in [0.2, 0.25) is 0 Å². The Morgan fingerprint density at radius 1 is 1.58 bits per heavy atom. The van der Waals surface area contributed by atoms with Gasteiger partial charge in [0.25, 0.3) is 0 Å². The van der Waals surface area contributed by atoms with Gasteiger partial charge in [-0.3, -0.25) is 0 Å². The molecule has 72 valence electrons. The number of aliphatic hydroxyl groups excluding tert-OH is 1. The molecule has 1 aliphatic rings. The lowest BCUT2D eigenvalue weighted by Crippen LogP contribution is -2.45. The largest absolute Gasteiger partial charge is 0.393 e. The highest BCUT2D eigenvalue weighted by Crippen LogP contribution is 2.24. The van der Waals surface area contributed by atoms with Gasteiger partial charge in [-0.25, -0.2) is 0 Å². The van der Waals surface area contributed by atoms with Gasteiger partial charge in [0.05, 0.1) is 6.61 Å². The van der Waals surface area contributed by atoms with E-state index in [-0.39, 0.29) is 6.61 Å². The van der Waals surface area contributed by atoms with Crippen LogP contribution in [0.2, 0.25) is 0 Å². The molecule has 0 saturated carbocycles. The highest BCUT2D eigenvalue weighted by atomic mass is 16.6. The van der Waals surface area contributed by atoms with Crippen LogP contribution < -0.4 is 5.32 Å². The van der Waals surface area contributed by atoms with Crippen LogP contribution in [0.3, 0.4) is 0 Å². The van der Waals surface area contributed by atoms with Gasteiger partial charge in [-0.15, -0.1) is 0 Å². The Labute approximate surface area is 72.5 Å². The molecule has 1 aliphatic heterocycles. The first-order chi connectivity index (χ1) is 5.47. The quantitative estimate of drug-likeness (QED) is 0.504. The molecule has 0 aliphatic carbocycles. The number of ether oxygens (including phenoxy) is 1. The molecule has 1 rings (SSSR count). The van der Waals surface area contributed by atoms with Crippen LogP contribution in [0, 0.1) is 0 Å². The van der Waals surface area contributed by atoms with Gasteiger partial charge in [0.15, 0.2) is 5.79 Å². The van der Waals surface area contributed by atoms with E-state index in [1.54, 1.807) is 13.8 Å². The lowest BCUT2D eigenvalue weighted by Gasteiger charge is -2.33. The van der Waals surface area contributed by atoms with Crippen molar-refractivity contribution in [2.45, 2.75) is 31.7 Å².